The molecular weight excluding hydrogens is 154 g/mol. The van der Waals surface area contributed by atoms with Gasteiger partial charge in [-0.15, -0.1) is 11.6 Å². The molecule has 60 valence electrons. The van der Waals surface area contributed by atoms with Gasteiger partial charge < -0.3 is 10.4 Å². The van der Waals surface area contributed by atoms with Crippen LogP contribution in [0.15, 0.2) is 0 Å². The van der Waals surface area contributed by atoms with E-state index in [9.17, 15) is 4.79 Å². The molecule has 1 unspecified atom stereocenters. The van der Waals surface area contributed by atoms with Gasteiger partial charge in [0.25, 0.3) is 0 Å². The summed E-state index contributed by atoms with van der Waals surface area (Å²) in [4.78, 5) is 9.96. The fourth-order valence-electron chi connectivity index (χ4n) is 0.480. The highest BCUT2D eigenvalue weighted by molar-refractivity contribution is 6.20. The Morgan fingerprint density at radius 3 is 2.80 bits per heavy atom. The minimum Gasteiger partial charge on any atom is -0.480 e. The third kappa shape index (κ3) is 5.85. The molecule has 0 amide bonds. The first-order valence-corrected chi connectivity index (χ1v) is 3.67. The molecule has 0 aliphatic heterocycles. The molecule has 0 saturated heterocycles. The molecule has 3 nitrogen and oxygen atoms in total. The zero-order valence-corrected chi connectivity index (χ0v) is 6.69. The van der Waals surface area contributed by atoms with Gasteiger partial charge in [0.15, 0.2) is 0 Å². The Kier molecular flexibility index (Phi) is 5.35. The van der Waals surface area contributed by atoms with E-state index in [1.54, 1.807) is 0 Å². The number of hydrogen-bond donors (Lipinski definition) is 2. The molecule has 0 radical (unpaired) electrons. The van der Waals surface area contributed by atoms with Crippen LogP contribution in [0, 0.1) is 0 Å². The molecule has 1 atom stereocenters. The molecule has 0 aliphatic carbocycles. The van der Waals surface area contributed by atoms with Crippen LogP contribution in [0.25, 0.3) is 0 Å². The van der Waals surface area contributed by atoms with Crippen LogP contribution in [0.1, 0.15) is 13.3 Å². The maximum absolute atomic E-state index is 9.96. The first-order chi connectivity index (χ1) is 4.66. The van der Waals surface area contributed by atoms with Gasteiger partial charge in [0.2, 0.25) is 0 Å². The van der Waals surface area contributed by atoms with Gasteiger partial charge in [-0.2, -0.15) is 0 Å². The monoisotopic (exact) mass is 165 g/mol. The van der Waals surface area contributed by atoms with Crippen molar-refractivity contribution in [1.82, 2.24) is 5.32 Å². The molecule has 2 N–H and O–H groups in total. The normalized spacial score (nSPS) is 13.0. The first kappa shape index (κ1) is 9.72. The lowest BCUT2D eigenvalue weighted by Gasteiger charge is -2.04. The summed E-state index contributed by atoms with van der Waals surface area (Å²) < 4.78 is 0. The summed E-state index contributed by atoms with van der Waals surface area (Å²) in [6.45, 7) is 2.51. The van der Waals surface area contributed by atoms with E-state index >= 15 is 0 Å². The van der Waals surface area contributed by atoms with E-state index < -0.39 is 5.97 Å². The predicted molar refractivity (Wildman–Crippen MR) is 40.4 cm³/mol. The predicted octanol–water partition coefficient (Wildman–Crippen LogP) is 0.678. The second-order valence-corrected chi connectivity index (χ2v) is 2.65. The number of aliphatic carboxylic acids is 1. The number of carbonyl (C=O) groups is 1. The Hall–Kier alpha value is -0.280. The van der Waals surface area contributed by atoms with Crippen LogP contribution in [0.5, 0.6) is 0 Å². The molecule has 0 fully saturated rings. The van der Waals surface area contributed by atoms with Crippen molar-refractivity contribution in [1.29, 1.82) is 0 Å². The molecule has 0 rings (SSSR count). The van der Waals surface area contributed by atoms with Gasteiger partial charge in [0.1, 0.15) is 0 Å². The fourth-order valence-corrected chi connectivity index (χ4v) is 0.589. The van der Waals surface area contributed by atoms with E-state index in [0.29, 0.717) is 6.54 Å². The van der Waals surface area contributed by atoms with Gasteiger partial charge in [-0.05, 0) is 6.42 Å². The van der Waals surface area contributed by atoms with Crippen LogP contribution in [0.4, 0.5) is 0 Å². The molecule has 0 aromatic rings. The summed E-state index contributed by atoms with van der Waals surface area (Å²) in [5, 5.41) is 10.9. The number of alkyl halides is 1. The highest BCUT2D eigenvalue weighted by atomic mass is 35.5. The number of carboxylic acids is 1. The second kappa shape index (κ2) is 5.50. The number of halogens is 1. The molecule has 0 bridgehead atoms. The maximum Gasteiger partial charge on any atom is 0.317 e. The third-order valence-electron chi connectivity index (χ3n) is 1.09. The number of carboxylic acid groups (broad SMARTS) is 1. The minimum atomic E-state index is -0.847. The molecule has 4 heteroatoms. The van der Waals surface area contributed by atoms with Gasteiger partial charge >= 0.3 is 5.97 Å². The van der Waals surface area contributed by atoms with Crippen LogP contribution in [-0.2, 0) is 4.79 Å². The molecule has 0 saturated carbocycles. The second-order valence-electron chi connectivity index (χ2n) is 2.03. The third-order valence-corrected chi connectivity index (χ3v) is 1.55. The summed E-state index contributed by atoms with van der Waals surface area (Å²) >= 11 is 5.69. The van der Waals surface area contributed by atoms with E-state index in [-0.39, 0.29) is 11.9 Å². The van der Waals surface area contributed by atoms with Gasteiger partial charge in [-0.1, -0.05) is 6.92 Å². The van der Waals surface area contributed by atoms with Crippen molar-refractivity contribution in [2.75, 3.05) is 13.1 Å². The standard InChI is InChI=1S/C6H12ClNO2/c1-2-5(7)3-8-4-6(9)10/h5,8H,2-4H2,1H3,(H,9,10). The number of hydrogen-bond acceptors (Lipinski definition) is 2. The largest absolute Gasteiger partial charge is 0.480 e. The van der Waals surface area contributed by atoms with E-state index in [0.717, 1.165) is 6.42 Å². The summed E-state index contributed by atoms with van der Waals surface area (Å²) in [5.41, 5.74) is 0. The quantitative estimate of drug-likeness (QED) is 0.589. The fraction of sp³-hybridized carbons (Fsp3) is 0.833. The zero-order chi connectivity index (χ0) is 7.98. The lowest BCUT2D eigenvalue weighted by atomic mass is 10.3. The Bertz CT molecular complexity index is 108. The van der Waals surface area contributed by atoms with E-state index in [1.165, 1.54) is 0 Å². The van der Waals surface area contributed by atoms with Crippen LogP contribution >= 0.6 is 11.6 Å². The molecule has 0 aromatic heterocycles. The van der Waals surface area contributed by atoms with Crippen LogP contribution in [0.2, 0.25) is 0 Å². The van der Waals surface area contributed by atoms with Crippen LogP contribution in [-0.4, -0.2) is 29.5 Å². The summed E-state index contributed by atoms with van der Waals surface area (Å²) in [6, 6.07) is 0. The van der Waals surface area contributed by atoms with Gasteiger partial charge in [-0.25, -0.2) is 0 Å². The summed E-state index contributed by atoms with van der Waals surface area (Å²) in [6.07, 6.45) is 0.855. The average Bonchev–Trinajstić information content (AvgIpc) is 1.87. The van der Waals surface area contributed by atoms with E-state index in [2.05, 4.69) is 5.32 Å². The molecule has 10 heavy (non-hydrogen) atoms. The SMILES string of the molecule is CCC(Cl)CNCC(=O)O. The van der Waals surface area contributed by atoms with E-state index in [4.69, 9.17) is 16.7 Å². The first-order valence-electron chi connectivity index (χ1n) is 3.23. The Morgan fingerprint density at radius 2 is 2.40 bits per heavy atom. The van der Waals surface area contributed by atoms with Gasteiger partial charge in [-0.3, -0.25) is 4.79 Å². The Morgan fingerprint density at radius 1 is 1.80 bits per heavy atom. The molecule has 0 spiro atoms. The minimum absolute atomic E-state index is 0.0107. The summed E-state index contributed by atoms with van der Waals surface area (Å²) in [7, 11) is 0. The highest BCUT2D eigenvalue weighted by Gasteiger charge is 2.00. The van der Waals surface area contributed by atoms with E-state index in [1.807, 2.05) is 6.92 Å². The van der Waals surface area contributed by atoms with Crippen molar-refractivity contribution in [3.05, 3.63) is 0 Å². The van der Waals surface area contributed by atoms with Crippen molar-refractivity contribution >= 4 is 17.6 Å². The highest BCUT2D eigenvalue weighted by Crippen LogP contribution is 1.97. The smallest absolute Gasteiger partial charge is 0.317 e. The molecule has 0 aliphatic rings. The zero-order valence-electron chi connectivity index (χ0n) is 5.93. The molecule has 0 heterocycles. The van der Waals surface area contributed by atoms with Crippen LogP contribution < -0.4 is 5.32 Å². The van der Waals surface area contributed by atoms with Crippen LogP contribution in [0.3, 0.4) is 0 Å². The molecular formula is C6H12ClNO2. The Balaban J connectivity index is 3.11. The van der Waals surface area contributed by atoms with Crippen molar-refractivity contribution in [2.24, 2.45) is 0 Å². The van der Waals surface area contributed by atoms with Crippen molar-refractivity contribution < 1.29 is 9.90 Å². The lowest BCUT2D eigenvalue weighted by Crippen LogP contribution is -2.28. The number of nitrogens with one attached hydrogen (secondary N) is 1. The van der Waals surface area contributed by atoms with Crippen molar-refractivity contribution in [3.8, 4) is 0 Å². The van der Waals surface area contributed by atoms with Gasteiger partial charge in [0.05, 0.1) is 6.54 Å². The van der Waals surface area contributed by atoms with Gasteiger partial charge in [0, 0.05) is 11.9 Å². The summed E-state index contributed by atoms with van der Waals surface area (Å²) in [5.74, 6) is -0.847. The lowest BCUT2D eigenvalue weighted by molar-refractivity contribution is -0.135. The average molecular weight is 166 g/mol. The Labute approximate surface area is 65.4 Å². The number of rotatable bonds is 5. The molecule has 0 aromatic carbocycles. The maximum atomic E-state index is 9.96. The van der Waals surface area contributed by atoms with Crippen molar-refractivity contribution in [2.45, 2.75) is 18.7 Å². The van der Waals surface area contributed by atoms with Crippen molar-refractivity contribution in [3.63, 3.8) is 0 Å². The topological polar surface area (TPSA) is 49.3 Å².